The molecular weight excluding hydrogens is 240 g/mol. The van der Waals surface area contributed by atoms with Crippen molar-refractivity contribution in [2.45, 2.75) is 64.5 Å². The topological polar surface area (TPSA) is 24.4 Å². The Hall–Kier alpha value is -0.180. The van der Waals surface area contributed by atoms with Crippen LogP contribution in [-0.4, -0.2) is 23.5 Å². The Bertz CT molecular complexity index is 291. The molecule has 18 heavy (non-hydrogen) atoms. The SMILES string of the molecule is CCC(CC)C1CN=C(NCC2(C)CCCC2)S1. The van der Waals surface area contributed by atoms with E-state index in [0.717, 1.165) is 24.3 Å². The van der Waals surface area contributed by atoms with E-state index >= 15 is 0 Å². The highest BCUT2D eigenvalue weighted by Crippen LogP contribution is 2.37. The van der Waals surface area contributed by atoms with Crippen molar-refractivity contribution in [3.05, 3.63) is 0 Å². The van der Waals surface area contributed by atoms with Gasteiger partial charge >= 0.3 is 0 Å². The fourth-order valence-corrected chi connectivity index (χ4v) is 4.56. The summed E-state index contributed by atoms with van der Waals surface area (Å²) in [6.45, 7) is 9.18. The molecule has 0 saturated heterocycles. The van der Waals surface area contributed by atoms with Gasteiger partial charge in [0.25, 0.3) is 0 Å². The van der Waals surface area contributed by atoms with E-state index in [1.54, 1.807) is 0 Å². The van der Waals surface area contributed by atoms with Gasteiger partial charge in [0.15, 0.2) is 5.17 Å². The molecule has 0 amide bonds. The maximum atomic E-state index is 4.69. The standard InChI is InChI=1S/C15H28N2S/c1-4-12(5-2)13-10-16-14(18-13)17-11-15(3)8-6-7-9-15/h12-13H,4-11H2,1-3H3,(H,16,17). The molecule has 1 saturated carbocycles. The molecule has 1 N–H and O–H groups in total. The number of rotatable bonds is 5. The van der Waals surface area contributed by atoms with E-state index in [2.05, 4.69) is 26.1 Å². The molecule has 1 aliphatic carbocycles. The van der Waals surface area contributed by atoms with Gasteiger partial charge in [0, 0.05) is 11.8 Å². The molecule has 1 heterocycles. The molecule has 1 atom stereocenters. The predicted molar refractivity (Wildman–Crippen MR) is 82.3 cm³/mol. The fourth-order valence-electron chi connectivity index (χ4n) is 3.24. The van der Waals surface area contributed by atoms with Gasteiger partial charge in [-0.1, -0.05) is 58.2 Å². The van der Waals surface area contributed by atoms with Crippen LogP contribution in [0.3, 0.4) is 0 Å². The highest BCUT2D eigenvalue weighted by molar-refractivity contribution is 8.14. The normalized spacial score (nSPS) is 26.7. The van der Waals surface area contributed by atoms with Crippen LogP contribution in [0.1, 0.15) is 59.3 Å². The van der Waals surface area contributed by atoms with Crippen LogP contribution in [-0.2, 0) is 0 Å². The summed E-state index contributed by atoms with van der Waals surface area (Å²) in [5, 5.41) is 5.54. The highest BCUT2D eigenvalue weighted by atomic mass is 32.2. The minimum absolute atomic E-state index is 0.524. The third-order valence-corrected chi connectivity index (χ3v) is 6.06. The molecule has 0 spiro atoms. The first-order valence-corrected chi connectivity index (χ1v) is 8.50. The van der Waals surface area contributed by atoms with Gasteiger partial charge in [-0.2, -0.15) is 0 Å². The minimum atomic E-state index is 0.524. The van der Waals surface area contributed by atoms with Crippen molar-refractivity contribution in [2.24, 2.45) is 16.3 Å². The maximum Gasteiger partial charge on any atom is 0.156 e. The van der Waals surface area contributed by atoms with E-state index in [0.29, 0.717) is 5.41 Å². The summed E-state index contributed by atoms with van der Waals surface area (Å²) in [4.78, 5) is 4.69. The predicted octanol–water partition coefficient (Wildman–Crippen LogP) is 4.06. The van der Waals surface area contributed by atoms with Gasteiger partial charge in [-0.3, -0.25) is 4.99 Å². The number of nitrogens with one attached hydrogen (secondary N) is 1. The smallest absolute Gasteiger partial charge is 0.156 e. The van der Waals surface area contributed by atoms with E-state index < -0.39 is 0 Å². The summed E-state index contributed by atoms with van der Waals surface area (Å²) in [5.41, 5.74) is 0.524. The lowest BCUT2D eigenvalue weighted by Gasteiger charge is -2.24. The van der Waals surface area contributed by atoms with Crippen LogP contribution >= 0.6 is 11.8 Å². The molecule has 1 aliphatic heterocycles. The van der Waals surface area contributed by atoms with Crippen LogP contribution < -0.4 is 5.32 Å². The second-order valence-corrected chi connectivity index (χ2v) is 7.48. The average Bonchev–Trinajstić information content (AvgIpc) is 2.99. The van der Waals surface area contributed by atoms with Gasteiger partial charge in [-0.05, 0) is 24.2 Å². The quantitative estimate of drug-likeness (QED) is 0.813. The van der Waals surface area contributed by atoms with E-state index in [4.69, 9.17) is 4.99 Å². The van der Waals surface area contributed by atoms with Crippen molar-refractivity contribution >= 4 is 16.9 Å². The molecule has 104 valence electrons. The van der Waals surface area contributed by atoms with Crippen LogP contribution in [0.15, 0.2) is 4.99 Å². The number of aliphatic imine (C=N–C) groups is 1. The molecule has 1 fully saturated rings. The zero-order chi connectivity index (χ0) is 13.0. The Morgan fingerprint density at radius 3 is 2.61 bits per heavy atom. The molecule has 0 bridgehead atoms. The van der Waals surface area contributed by atoms with Crippen LogP contribution in [0.4, 0.5) is 0 Å². The monoisotopic (exact) mass is 268 g/mol. The third kappa shape index (κ3) is 3.43. The van der Waals surface area contributed by atoms with Gasteiger partial charge in [-0.15, -0.1) is 0 Å². The Kier molecular flexibility index (Phi) is 4.99. The number of thioether (sulfide) groups is 1. The Morgan fingerprint density at radius 1 is 1.33 bits per heavy atom. The van der Waals surface area contributed by atoms with Crippen molar-refractivity contribution < 1.29 is 0 Å². The number of amidine groups is 1. The van der Waals surface area contributed by atoms with Crippen LogP contribution in [0.25, 0.3) is 0 Å². The van der Waals surface area contributed by atoms with Crippen LogP contribution in [0.5, 0.6) is 0 Å². The summed E-state index contributed by atoms with van der Waals surface area (Å²) < 4.78 is 0. The molecule has 0 aromatic carbocycles. The van der Waals surface area contributed by atoms with Gasteiger partial charge in [0.05, 0.1) is 6.54 Å². The number of hydrogen-bond acceptors (Lipinski definition) is 3. The molecule has 2 nitrogen and oxygen atoms in total. The molecule has 1 unspecified atom stereocenters. The van der Waals surface area contributed by atoms with Crippen molar-refractivity contribution in [3.8, 4) is 0 Å². The van der Waals surface area contributed by atoms with Crippen molar-refractivity contribution in [1.82, 2.24) is 5.32 Å². The lowest BCUT2D eigenvalue weighted by atomic mass is 9.89. The molecule has 3 heteroatoms. The van der Waals surface area contributed by atoms with Gasteiger partial charge in [0.1, 0.15) is 0 Å². The van der Waals surface area contributed by atoms with Crippen LogP contribution in [0, 0.1) is 11.3 Å². The Labute approximate surface area is 116 Å². The van der Waals surface area contributed by atoms with Crippen LogP contribution in [0.2, 0.25) is 0 Å². The number of nitrogens with zero attached hydrogens (tertiary/aromatic N) is 1. The van der Waals surface area contributed by atoms with E-state index in [9.17, 15) is 0 Å². The third-order valence-electron chi connectivity index (χ3n) is 4.73. The first kappa shape index (κ1) is 14.2. The fraction of sp³-hybridized carbons (Fsp3) is 0.933. The first-order chi connectivity index (χ1) is 8.67. The van der Waals surface area contributed by atoms with E-state index in [1.807, 2.05) is 11.8 Å². The summed E-state index contributed by atoms with van der Waals surface area (Å²) in [7, 11) is 0. The molecule has 0 radical (unpaired) electrons. The van der Waals surface area contributed by atoms with Gasteiger partial charge in [0.2, 0.25) is 0 Å². The largest absolute Gasteiger partial charge is 0.364 e. The Balaban J connectivity index is 1.75. The minimum Gasteiger partial charge on any atom is -0.364 e. The maximum absolute atomic E-state index is 4.69. The summed E-state index contributed by atoms with van der Waals surface area (Å²) in [6.07, 6.45) is 8.16. The highest BCUT2D eigenvalue weighted by Gasteiger charge is 2.30. The molecule has 2 rings (SSSR count). The second-order valence-electron chi connectivity index (χ2n) is 6.25. The summed E-state index contributed by atoms with van der Waals surface area (Å²) in [5.74, 6) is 0.833. The van der Waals surface area contributed by atoms with Crippen molar-refractivity contribution in [1.29, 1.82) is 0 Å². The molecular formula is C15H28N2S. The summed E-state index contributed by atoms with van der Waals surface area (Å²) >= 11 is 1.99. The lowest BCUT2D eigenvalue weighted by Crippen LogP contribution is -2.32. The van der Waals surface area contributed by atoms with E-state index in [1.165, 1.54) is 43.7 Å². The van der Waals surface area contributed by atoms with Gasteiger partial charge in [-0.25, -0.2) is 0 Å². The molecule has 2 aliphatic rings. The zero-order valence-corrected chi connectivity index (χ0v) is 13.0. The molecule has 0 aromatic rings. The Morgan fingerprint density at radius 2 is 2.00 bits per heavy atom. The van der Waals surface area contributed by atoms with Crippen molar-refractivity contribution in [2.75, 3.05) is 13.1 Å². The average molecular weight is 268 g/mol. The second kappa shape index (κ2) is 6.31. The number of hydrogen-bond donors (Lipinski definition) is 1. The zero-order valence-electron chi connectivity index (χ0n) is 12.2. The van der Waals surface area contributed by atoms with E-state index in [-0.39, 0.29) is 0 Å². The summed E-state index contributed by atoms with van der Waals surface area (Å²) in [6, 6.07) is 0. The van der Waals surface area contributed by atoms with Gasteiger partial charge < -0.3 is 5.32 Å². The lowest BCUT2D eigenvalue weighted by molar-refractivity contribution is 0.336. The first-order valence-electron chi connectivity index (χ1n) is 7.62. The van der Waals surface area contributed by atoms with Crippen molar-refractivity contribution in [3.63, 3.8) is 0 Å². The molecule has 0 aromatic heterocycles.